The Kier molecular flexibility index (Phi) is 4.52. The van der Waals surface area contributed by atoms with Gasteiger partial charge < -0.3 is 14.3 Å². The van der Waals surface area contributed by atoms with Crippen LogP contribution in [0.5, 0.6) is 0 Å². The average molecular weight is 294 g/mol. The summed E-state index contributed by atoms with van der Waals surface area (Å²) in [7, 11) is 0. The molecule has 2 rings (SSSR count). The van der Waals surface area contributed by atoms with E-state index in [4.69, 9.17) is 4.74 Å². The highest BCUT2D eigenvalue weighted by Crippen LogP contribution is 2.11. The van der Waals surface area contributed by atoms with Crippen LogP contribution in [-0.4, -0.2) is 22.1 Å². The van der Waals surface area contributed by atoms with E-state index >= 15 is 0 Å². The number of ether oxygens (including phenoxy) is 1. The van der Waals surface area contributed by atoms with Crippen molar-refractivity contribution in [1.29, 1.82) is 0 Å². The van der Waals surface area contributed by atoms with Crippen molar-refractivity contribution < 1.29 is 13.9 Å². The molecule has 0 radical (unpaired) electrons. The Hall–Kier alpha value is -2.44. The molecule has 1 N–H and O–H groups in total. The van der Waals surface area contributed by atoms with Gasteiger partial charge in [-0.05, 0) is 31.5 Å². The minimum Gasteiger partial charge on any atom is -0.466 e. The number of aromatic nitrogens is 2. The van der Waals surface area contributed by atoms with Crippen LogP contribution in [0.15, 0.2) is 27.8 Å². The molecule has 2 aromatic rings. The maximum absolute atomic E-state index is 13.3. The third kappa shape index (κ3) is 3.36. The van der Waals surface area contributed by atoms with Crippen LogP contribution < -0.4 is 11.1 Å². The van der Waals surface area contributed by atoms with Gasteiger partial charge in [0.25, 0.3) is 0 Å². The highest BCUT2D eigenvalue weighted by atomic mass is 19.1. The van der Waals surface area contributed by atoms with Crippen molar-refractivity contribution >= 4 is 17.0 Å². The maximum atomic E-state index is 13.3. The fraction of sp³-hybridized carbons (Fsp3) is 0.357. The summed E-state index contributed by atoms with van der Waals surface area (Å²) >= 11 is 0. The molecule has 0 saturated heterocycles. The van der Waals surface area contributed by atoms with Crippen molar-refractivity contribution in [3.63, 3.8) is 0 Å². The number of hydrogen-bond acceptors (Lipinski definition) is 4. The van der Waals surface area contributed by atoms with E-state index < -0.39 is 16.9 Å². The van der Waals surface area contributed by atoms with Gasteiger partial charge in [0.2, 0.25) is 0 Å². The number of esters is 1. The molecule has 0 aliphatic carbocycles. The molecule has 7 heteroatoms. The number of nitrogens with one attached hydrogen (secondary N) is 1. The van der Waals surface area contributed by atoms with Crippen LogP contribution >= 0.6 is 0 Å². The number of benzene rings is 1. The van der Waals surface area contributed by atoms with E-state index in [9.17, 15) is 18.8 Å². The Morgan fingerprint density at radius 3 is 2.86 bits per heavy atom. The van der Waals surface area contributed by atoms with Gasteiger partial charge in [-0.1, -0.05) is 0 Å². The molecular weight excluding hydrogens is 279 g/mol. The lowest BCUT2D eigenvalue weighted by molar-refractivity contribution is -0.143. The lowest BCUT2D eigenvalue weighted by atomic mass is 10.2. The predicted octanol–water partition coefficient (Wildman–Crippen LogP) is 1.17. The Bertz CT molecular complexity index is 779. The topological polar surface area (TPSA) is 81.2 Å². The first kappa shape index (κ1) is 15.0. The van der Waals surface area contributed by atoms with Crippen molar-refractivity contribution in [2.24, 2.45) is 0 Å². The van der Waals surface area contributed by atoms with E-state index in [1.807, 2.05) is 0 Å². The van der Waals surface area contributed by atoms with Crippen LogP contribution in [0.2, 0.25) is 0 Å². The van der Waals surface area contributed by atoms with Gasteiger partial charge in [0, 0.05) is 13.0 Å². The van der Waals surface area contributed by atoms with Crippen LogP contribution in [-0.2, 0) is 16.1 Å². The summed E-state index contributed by atoms with van der Waals surface area (Å²) in [5, 5.41) is 0. The summed E-state index contributed by atoms with van der Waals surface area (Å²) < 4.78 is 19.3. The van der Waals surface area contributed by atoms with Crippen LogP contribution in [0.3, 0.4) is 0 Å². The average Bonchev–Trinajstić information content (AvgIpc) is 2.44. The third-order valence-corrected chi connectivity index (χ3v) is 3.01. The Balaban J connectivity index is 2.31. The zero-order chi connectivity index (χ0) is 15.4. The minimum atomic E-state index is -0.773. The number of carbonyl (C=O) groups is 1. The van der Waals surface area contributed by atoms with Crippen LogP contribution in [0.4, 0.5) is 4.39 Å². The van der Waals surface area contributed by atoms with Gasteiger partial charge in [-0.3, -0.25) is 14.4 Å². The standard InChI is InChI=1S/C14H15FN2O4/c1-2-21-12(18)4-3-7-17-11-8-9(15)5-6-10(11)16-13(19)14(17)20/h5-6,8H,2-4,7H2,1H3,(H,16,19). The number of H-pyrrole nitrogens is 1. The summed E-state index contributed by atoms with van der Waals surface area (Å²) in [5.41, 5.74) is -0.872. The number of fused-ring (bicyclic) bond motifs is 1. The van der Waals surface area contributed by atoms with Crippen molar-refractivity contribution in [2.45, 2.75) is 26.3 Å². The number of hydrogen-bond donors (Lipinski definition) is 1. The largest absolute Gasteiger partial charge is 0.466 e. The Morgan fingerprint density at radius 2 is 2.14 bits per heavy atom. The molecule has 1 aromatic heterocycles. The van der Waals surface area contributed by atoms with E-state index in [0.29, 0.717) is 17.5 Å². The van der Waals surface area contributed by atoms with Crippen molar-refractivity contribution in [3.8, 4) is 0 Å². The lowest BCUT2D eigenvalue weighted by Gasteiger charge is -2.09. The number of nitrogens with zero attached hydrogens (tertiary/aromatic N) is 1. The SMILES string of the molecule is CCOC(=O)CCCn1c(=O)c(=O)[nH]c2ccc(F)cc21. The second-order valence-corrected chi connectivity index (χ2v) is 4.48. The number of halogens is 1. The molecule has 0 aliphatic rings. The monoisotopic (exact) mass is 294 g/mol. The molecule has 6 nitrogen and oxygen atoms in total. The van der Waals surface area contributed by atoms with Gasteiger partial charge in [-0.15, -0.1) is 0 Å². The molecule has 1 aromatic carbocycles. The molecule has 21 heavy (non-hydrogen) atoms. The molecule has 0 fully saturated rings. The van der Waals surface area contributed by atoms with Crippen molar-refractivity contribution in [3.05, 3.63) is 44.7 Å². The molecule has 0 bridgehead atoms. The van der Waals surface area contributed by atoms with Gasteiger partial charge in [-0.25, -0.2) is 4.39 Å². The molecule has 0 spiro atoms. The van der Waals surface area contributed by atoms with Gasteiger partial charge in [0.15, 0.2) is 0 Å². The molecule has 0 amide bonds. The van der Waals surface area contributed by atoms with Gasteiger partial charge in [0.05, 0.1) is 17.6 Å². The number of rotatable bonds is 5. The van der Waals surface area contributed by atoms with Gasteiger partial charge in [0.1, 0.15) is 5.82 Å². The van der Waals surface area contributed by atoms with E-state index in [0.717, 1.165) is 0 Å². The highest BCUT2D eigenvalue weighted by molar-refractivity contribution is 5.74. The van der Waals surface area contributed by atoms with E-state index in [1.54, 1.807) is 6.92 Å². The number of aromatic amines is 1. The first-order valence-corrected chi connectivity index (χ1v) is 6.61. The van der Waals surface area contributed by atoms with Gasteiger partial charge >= 0.3 is 17.1 Å². The Morgan fingerprint density at radius 1 is 1.38 bits per heavy atom. The van der Waals surface area contributed by atoms with Crippen LogP contribution in [0.1, 0.15) is 19.8 Å². The van der Waals surface area contributed by atoms with E-state index in [2.05, 4.69) is 4.98 Å². The predicted molar refractivity (Wildman–Crippen MR) is 74.7 cm³/mol. The zero-order valence-electron chi connectivity index (χ0n) is 11.5. The molecule has 0 atom stereocenters. The van der Waals surface area contributed by atoms with Crippen LogP contribution in [0, 0.1) is 5.82 Å². The molecule has 0 unspecified atom stereocenters. The minimum absolute atomic E-state index is 0.129. The van der Waals surface area contributed by atoms with Gasteiger partial charge in [-0.2, -0.15) is 0 Å². The smallest absolute Gasteiger partial charge is 0.316 e. The van der Waals surface area contributed by atoms with E-state index in [-0.39, 0.29) is 25.5 Å². The lowest BCUT2D eigenvalue weighted by Crippen LogP contribution is -2.36. The fourth-order valence-corrected chi connectivity index (χ4v) is 2.08. The maximum Gasteiger partial charge on any atom is 0.316 e. The summed E-state index contributed by atoms with van der Waals surface area (Å²) in [4.78, 5) is 37.1. The quantitative estimate of drug-likeness (QED) is 0.663. The first-order valence-electron chi connectivity index (χ1n) is 6.61. The second-order valence-electron chi connectivity index (χ2n) is 4.48. The summed E-state index contributed by atoms with van der Waals surface area (Å²) in [6.45, 7) is 2.13. The normalized spacial score (nSPS) is 10.8. The Labute approximate surface area is 119 Å². The van der Waals surface area contributed by atoms with Crippen LogP contribution in [0.25, 0.3) is 11.0 Å². The van der Waals surface area contributed by atoms with E-state index in [1.165, 1.54) is 22.8 Å². The molecule has 1 heterocycles. The fourth-order valence-electron chi connectivity index (χ4n) is 2.08. The molecule has 112 valence electrons. The highest BCUT2D eigenvalue weighted by Gasteiger charge is 2.09. The molecule has 0 saturated carbocycles. The summed E-state index contributed by atoms with van der Waals surface area (Å²) in [6, 6.07) is 3.77. The summed E-state index contributed by atoms with van der Waals surface area (Å²) in [6.07, 6.45) is 0.456. The number of aryl methyl sites for hydroxylation is 1. The van der Waals surface area contributed by atoms with Crippen molar-refractivity contribution in [1.82, 2.24) is 9.55 Å². The zero-order valence-corrected chi connectivity index (χ0v) is 11.5. The molecule has 0 aliphatic heterocycles. The first-order chi connectivity index (χ1) is 10.0. The third-order valence-electron chi connectivity index (χ3n) is 3.01. The van der Waals surface area contributed by atoms with Crippen molar-refractivity contribution in [2.75, 3.05) is 6.61 Å². The molecular formula is C14H15FN2O4. The number of carbonyl (C=O) groups excluding carboxylic acids is 1. The summed E-state index contributed by atoms with van der Waals surface area (Å²) in [5.74, 6) is -0.876. The second kappa shape index (κ2) is 6.34.